The van der Waals surface area contributed by atoms with Gasteiger partial charge in [0.05, 0.1) is 15.7 Å². The summed E-state index contributed by atoms with van der Waals surface area (Å²) in [6, 6.07) is 9.81. The Balaban J connectivity index is 1.33. The van der Waals surface area contributed by atoms with Crippen LogP contribution < -0.4 is 0 Å². The lowest BCUT2D eigenvalue weighted by Gasteiger charge is -2.36. The average Bonchev–Trinajstić information content (AvgIpc) is 3.44. The van der Waals surface area contributed by atoms with Crippen LogP contribution >= 0.6 is 11.3 Å². The molecule has 1 saturated heterocycles. The Hall–Kier alpha value is -2.56. The van der Waals surface area contributed by atoms with Gasteiger partial charge in [0.1, 0.15) is 0 Å². The zero-order valence-corrected chi connectivity index (χ0v) is 20.3. The quantitative estimate of drug-likeness (QED) is 0.561. The highest BCUT2D eigenvalue weighted by Crippen LogP contribution is 2.35. The average molecular weight is 487 g/mol. The summed E-state index contributed by atoms with van der Waals surface area (Å²) in [5.41, 5.74) is 2.46. The molecule has 0 radical (unpaired) electrons. The van der Waals surface area contributed by atoms with Crippen LogP contribution in [0.2, 0.25) is 0 Å². The van der Waals surface area contributed by atoms with E-state index in [0.29, 0.717) is 53.9 Å². The normalized spacial score (nSPS) is 19.5. The number of carbonyl (C=O) groups excluding carboxylic acids is 1. The molecule has 1 amide bonds. The lowest BCUT2D eigenvalue weighted by Crippen LogP contribution is -2.47. The maximum atomic E-state index is 13.5. The van der Waals surface area contributed by atoms with Crippen LogP contribution in [0.4, 0.5) is 0 Å². The first-order valence-electron chi connectivity index (χ1n) is 11.1. The molecule has 33 heavy (non-hydrogen) atoms. The third-order valence-electron chi connectivity index (χ3n) is 6.41. The lowest BCUT2D eigenvalue weighted by atomic mass is 9.95. The number of nitrogens with zero attached hydrogens (tertiary/aromatic N) is 4. The predicted octanol–water partition coefficient (Wildman–Crippen LogP) is 3.40. The molecule has 0 saturated carbocycles. The lowest BCUT2D eigenvalue weighted by molar-refractivity contribution is -0.137. The molecule has 0 bridgehead atoms. The molecule has 0 spiro atoms. The van der Waals surface area contributed by atoms with E-state index in [1.807, 2.05) is 17.0 Å². The van der Waals surface area contributed by atoms with E-state index in [-0.39, 0.29) is 23.3 Å². The second kappa shape index (κ2) is 8.66. The molecule has 1 atom stereocenters. The van der Waals surface area contributed by atoms with Crippen LogP contribution in [0.15, 0.2) is 39.8 Å². The third-order valence-corrected chi connectivity index (χ3v) is 9.58. The van der Waals surface area contributed by atoms with Crippen molar-refractivity contribution >= 4 is 27.3 Å². The van der Waals surface area contributed by atoms with E-state index < -0.39 is 10.0 Å². The summed E-state index contributed by atoms with van der Waals surface area (Å²) in [6.45, 7) is 5.38. The summed E-state index contributed by atoms with van der Waals surface area (Å²) < 4.78 is 33.5. The predicted molar refractivity (Wildman–Crippen MR) is 124 cm³/mol. The number of hydrogen-bond acceptors (Lipinski definition) is 7. The number of sulfonamides is 1. The molecule has 2 aromatic heterocycles. The number of fused-ring (bicyclic) bond motifs is 1. The van der Waals surface area contributed by atoms with Gasteiger partial charge in [0, 0.05) is 38.0 Å². The minimum absolute atomic E-state index is 0.0504. The summed E-state index contributed by atoms with van der Waals surface area (Å²) in [6.07, 6.45) is 2.21. The largest absolute Gasteiger partial charge is 0.339 e. The first-order valence-corrected chi connectivity index (χ1v) is 13.4. The fourth-order valence-corrected chi connectivity index (χ4v) is 7.68. The van der Waals surface area contributed by atoms with Crippen LogP contribution in [0, 0.1) is 19.8 Å². The van der Waals surface area contributed by atoms with E-state index in [1.165, 1.54) is 26.8 Å². The Kier molecular flexibility index (Phi) is 5.84. The molecule has 0 N–H and O–H groups in total. The second-order valence-electron chi connectivity index (χ2n) is 8.65. The van der Waals surface area contributed by atoms with Crippen molar-refractivity contribution in [1.82, 2.24) is 19.3 Å². The van der Waals surface area contributed by atoms with Crippen molar-refractivity contribution in [2.75, 3.05) is 19.6 Å². The van der Waals surface area contributed by atoms with Gasteiger partial charge in [-0.2, -0.15) is 9.29 Å². The molecule has 8 nitrogen and oxygen atoms in total. The van der Waals surface area contributed by atoms with E-state index in [0.717, 1.165) is 6.42 Å². The fourth-order valence-electron chi connectivity index (χ4n) is 4.67. The first-order chi connectivity index (χ1) is 15.8. The summed E-state index contributed by atoms with van der Waals surface area (Å²) >= 11 is 1.33. The van der Waals surface area contributed by atoms with Gasteiger partial charge in [0.15, 0.2) is 0 Å². The maximum Gasteiger partial charge on any atom is 0.244 e. The van der Waals surface area contributed by atoms with E-state index in [1.54, 1.807) is 19.9 Å². The summed E-state index contributed by atoms with van der Waals surface area (Å²) in [7, 11) is -3.73. The van der Waals surface area contributed by atoms with Gasteiger partial charge < -0.3 is 9.42 Å². The van der Waals surface area contributed by atoms with Gasteiger partial charge in [-0.3, -0.25) is 4.79 Å². The van der Waals surface area contributed by atoms with Gasteiger partial charge in [-0.1, -0.05) is 29.4 Å². The van der Waals surface area contributed by atoms with Gasteiger partial charge in [-0.05, 0) is 43.4 Å². The number of aromatic nitrogens is 2. The minimum atomic E-state index is -3.73. The number of benzene rings is 1. The molecule has 1 fully saturated rings. The van der Waals surface area contributed by atoms with Crippen molar-refractivity contribution < 1.29 is 17.7 Å². The molecular weight excluding hydrogens is 460 g/mol. The van der Waals surface area contributed by atoms with Crippen molar-refractivity contribution in [3.63, 3.8) is 0 Å². The van der Waals surface area contributed by atoms with Crippen molar-refractivity contribution in [3.05, 3.63) is 52.2 Å². The Morgan fingerprint density at radius 2 is 1.97 bits per heavy atom. The standard InChI is InChI=1S/C23H26N4O4S2/c1-15-21(12-20(32-15)22-24-16(2)31-25-22)33(29,30)27-10-5-8-19(14-27)23(28)26-11-9-17-6-3-4-7-18(17)13-26/h3-4,6-7,12,19H,5,8-11,13-14H2,1-2H3. The van der Waals surface area contributed by atoms with E-state index in [2.05, 4.69) is 22.3 Å². The molecule has 10 heteroatoms. The topological polar surface area (TPSA) is 96.6 Å². The van der Waals surface area contributed by atoms with Gasteiger partial charge >= 0.3 is 0 Å². The Morgan fingerprint density at radius 3 is 2.73 bits per heavy atom. The van der Waals surface area contributed by atoms with E-state index in [9.17, 15) is 13.2 Å². The van der Waals surface area contributed by atoms with E-state index >= 15 is 0 Å². The molecule has 0 aliphatic carbocycles. The van der Waals surface area contributed by atoms with Crippen molar-refractivity contribution in [2.24, 2.45) is 5.92 Å². The Bertz CT molecular complexity index is 1300. The first kappa shape index (κ1) is 22.2. The zero-order valence-electron chi connectivity index (χ0n) is 18.7. The smallest absolute Gasteiger partial charge is 0.244 e. The van der Waals surface area contributed by atoms with Crippen molar-refractivity contribution in [2.45, 2.75) is 44.6 Å². The highest BCUT2D eigenvalue weighted by atomic mass is 32.2. The molecule has 3 aromatic rings. The Morgan fingerprint density at radius 1 is 1.18 bits per heavy atom. The summed E-state index contributed by atoms with van der Waals surface area (Å²) in [5, 5.41) is 3.90. The zero-order chi connectivity index (χ0) is 23.2. The highest BCUT2D eigenvalue weighted by molar-refractivity contribution is 7.89. The number of aryl methyl sites for hydroxylation is 2. The fraction of sp³-hybridized carbons (Fsp3) is 0.435. The number of thiophene rings is 1. The van der Waals surface area contributed by atoms with Crippen LogP contribution in [-0.2, 0) is 27.8 Å². The summed E-state index contributed by atoms with van der Waals surface area (Å²) in [5.74, 6) is 0.545. The van der Waals surface area contributed by atoms with Crippen molar-refractivity contribution in [3.8, 4) is 10.7 Å². The van der Waals surface area contributed by atoms with Gasteiger partial charge in [-0.25, -0.2) is 8.42 Å². The molecule has 1 unspecified atom stereocenters. The molecule has 174 valence electrons. The number of piperidine rings is 1. The number of amides is 1. The highest BCUT2D eigenvalue weighted by Gasteiger charge is 2.37. The van der Waals surface area contributed by atoms with Crippen molar-refractivity contribution in [1.29, 1.82) is 0 Å². The van der Waals surface area contributed by atoms with Gasteiger partial charge in [0.2, 0.25) is 27.6 Å². The minimum Gasteiger partial charge on any atom is -0.339 e. The van der Waals surface area contributed by atoms with Crippen LogP contribution in [0.5, 0.6) is 0 Å². The maximum absolute atomic E-state index is 13.5. The van der Waals surface area contributed by atoms with Crippen LogP contribution in [-0.4, -0.2) is 53.3 Å². The number of hydrogen-bond donors (Lipinski definition) is 0. The number of carbonyl (C=O) groups is 1. The van der Waals surface area contributed by atoms with E-state index in [4.69, 9.17) is 4.52 Å². The van der Waals surface area contributed by atoms with Crippen LogP contribution in [0.3, 0.4) is 0 Å². The molecular formula is C23H26N4O4S2. The second-order valence-corrected chi connectivity index (χ2v) is 11.8. The molecule has 1 aromatic carbocycles. The molecule has 2 aliphatic rings. The molecule has 2 aliphatic heterocycles. The Labute approximate surface area is 197 Å². The van der Waals surface area contributed by atoms with Crippen LogP contribution in [0.1, 0.15) is 34.7 Å². The van der Waals surface area contributed by atoms with Crippen LogP contribution in [0.25, 0.3) is 10.7 Å². The third kappa shape index (κ3) is 4.22. The van der Waals surface area contributed by atoms with Gasteiger partial charge in [0.25, 0.3) is 0 Å². The number of rotatable bonds is 4. The monoisotopic (exact) mass is 486 g/mol. The molecule has 5 rings (SSSR count). The van der Waals surface area contributed by atoms with Gasteiger partial charge in [-0.15, -0.1) is 11.3 Å². The summed E-state index contributed by atoms with van der Waals surface area (Å²) in [4.78, 5) is 21.0. The molecule has 4 heterocycles. The SMILES string of the molecule is Cc1nc(-c2cc(S(=O)(=O)N3CCCC(C(=O)N4CCc5ccccc5C4)C3)c(C)s2)no1.